The van der Waals surface area contributed by atoms with Gasteiger partial charge in [0.25, 0.3) is 0 Å². The minimum atomic E-state index is 0.210. The lowest BCUT2D eigenvalue weighted by Gasteiger charge is -2.19. The number of benzene rings is 13. The topological polar surface area (TPSA) is 121 Å². The fraction of sp³-hybridized carbons (Fsp3) is 0.118. The molecule has 16 heteroatoms. The molecule has 4 heterocycles. The van der Waals surface area contributed by atoms with E-state index < -0.39 is 0 Å². The Bertz CT molecular complexity index is 5460. The lowest BCUT2D eigenvalue weighted by atomic mass is 9.99. The molecule has 16 nitrogen and oxygen atoms in total. The summed E-state index contributed by atoms with van der Waals surface area (Å²) in [7, 11) is 16.4. The lowest BCUT2D eigenvalue weighted by Crippen LogP contribution is -2.10. The molecule has 0 radical (unpaired) electrons. The van der Waals surface area contributed by atoms with Gasteiger partial charge in [-0.25, -0.2) is 18.7 Å². The predicted molar refractivity (Wildman–Crippen MR) is 479 cm³/mol. The zero-order chi connectivity index (χ0) is 80.6. The van der Waals surface area contributed by atoms with E-state index in [1.807, 2.05) is 140 Å². The molecule has 17 rings (SSSR count). The van der Waals surface area contributed by atoms with Crippen LogP contribution in [0.1, 0.15) is 22.3 Å². The van der Waals surface area contributed by atoms with E-state index in [-0.39, 0.29) is 26.4 Å². The average molecular weight is 1550 g/mol. The molecule has 582 valence electrons. The van der Waals surface area contributed by atoms with E-state index >= 15 is 0 Å². The van der Waals surface area contributed by atoms with Crippen LogP contribution in [0.25, 0.3) is 113 Å². The molecule has 13 aromatic carbocycles. The monoisotopic (exact) mass is 1550 g/mol. The lowest BCUT2D eigenvalue weighted by molar-refractivity contribution is 0.276. The van der Waals surface area contributed by atoms with Gasteiger partial charge in [0.15, 0.2) is 0 Å². The number of rotatable bonds is 28. The molecule has 0 atom stereocenters. The Balaban J connectivity index is 0.701. The van der Waals surface area contributed by atoms with Crippen molar-refractivity contribution < 1.29 is 18.9 Å². The summed E-state index contributed by atoms with van der Waals surface area (Å²) in [6.07, 6.45) is 0. The smallest absolute Gasteiger partial charge is 0.119 e. The highest BCUT2D eigenvalue weighted by Crippen LogP contribution is 2.38. The van der Waals surface area contributed by atoms with Gasteiger partial charge in [-0.3, -0.25) is 0 Å². The number of para-hydroxylation sites is 4. The summed E-state index contributed by atoms with van der Waals surface area (Å²) < 4.78 is 35.6. The van der Waals surface area contributed by atoms with Gasteiger partial charge in [-0.15, -0.1) is 0 Å². The van der Waals surface area contributed by atoms with E-state index in [1.165, 1.54) is 0 Å². The van der Waals surface area contributed by atoms with E-state index in [1.54, 1.807) is 0 Å². The molecule has 0 aliphatic rings. The largest absolute Gasteiger partial charge is 0.489 e. The first kappa shape index (κ1) is 75.8. The molecule has 0 saturated carbocycles. The van der Waals surface area contributed by atoms with Gasteiger partial charge >= 0.3 is 0 Å². The first-order valence-corrected chi connectivity index (χ1v) is 39.5. The zero-order valence-corrected chi connectivity index (χ0v) is 67.3. The Hall–Kier alpha value is -14.9. The third-order valence-electron chi connectivity index (χ3n) is 21.3. The molecule has 0 amide bonds. The summed E-state index contributed by atoms with van der Waals surface area (Å²) in [6.45, 7) is 0.841. The molecule has 0 unspecified atom stereocenters. The SMILES string of the molecule is CN(C)c1ccc(-c2cc(-c3ccc(OCc4cc(COc5ccc(-c6cc(-c7ccc(N(C)C)cc7)n(-c7ccccc7)n6)cc5)c(COc5ccc(-c6cc(-c7ccc(N(C)C)cc7)n(-c7ccccc7)n6)cc5)cc4COc4ccc(-c5cc(-c6ccc(N(C)C)cc6)n(-c6ccccc6)n5)cc4)cc3)nn2-c2ccccc2)cc1. The van der Waals surface area contributed by atoms with Gasteiger partial charge in [-0.1, -0.05) is 121 Å². The molecule has 4 aromatic heterocycles. The highest BCUT2D eigenvalue weighted by atomic mass is 16.5. The average Bonchev–Trinajstić information content (AvgIpc) is 1.67. The van der Waals surface area contributed by atoms with Crippen molar-refractivity contribution in [1.82, 2.24) is 39.1 Å². The van der Waals surface area contributed by atoms with Gasteiger partial charge in [-0.05, 0) is 253 Å². The molecule has 0 aliphatic carbocycles. The van der Waals surface area contributed by atoms with Gasteiger partial charge in [-0.2, -0.15) is 20.4 Å². The quantitative estimate of drug-likeness (QED) is 0.0464. The van der Waals surface area contributed by atoms with Crippen molar-refractivity contribution >= 4 is 22.7 Å². The molecule has 0 aliphatic heterocycles. The van der Waals surface area contributed by atoms with Crippen LogP contribution < -0.4 is 38.5 Å². The van der Waals surface area contributed by atoms with Crippen molar-refractivity contribution in [3.63, 3.8) is 0 Å². The van der Waals surface area contributed by atoms with Crippen molar-refractivity contribution in [2.24, 2.45) is 0 Å². The summed E-state index contributed by atoms with van der Waals surface area (Å²) in [5, 5.41) is 20.9. The van der Waals surface area contributed by atoms with Crippen LogP contribution in [0.4, 0.5) is 22.7 Å². The highest BCUT2D eigenvalue weighted by molar-refractivity contribution is 5.77. The van der Waals surface area contributed by atoms with E-state index in [4.69, 9.17) is 39.3 Å². The third kappa shape index (κ3) is 16.9. The number of anilines is 4. The van der Waals surface area contributed by atoms with Crippen molar-refractivity contribution in [2.45, 2.75) is 26.4 Å². The van der Waals surface area contributed by atoms with E-state index in [2.05, 4.69) is 307 Å². The second kappa shape index (κ2) is 34.0. The Morgan fingerprint density at radius 3 is 0.559 bits per heavy atom. The fourth-order valence-electron chi connectivity index (χ4n) is 14.6. The summed E-state index contributed by atoms with van der Waals surface area (Å²) in [5.74, 6) is 2.76. The Kier molecular flexibility index (Phi) is 21.9. The zero-order valence-electron chi connectivity index (χ0n) is 67.3. The van der Waals surface area contributed by atoms with Crippen LogP contribution in [0, 0.1) is 0 Å². The van der Waals surface area contributed by atoms with Crippen LogP contribution >= 0.6 is 0 Å². The first-order valence-electron chi connectivity index (χ1n) is 39.5. The minimum Gasteiger partial charge on any atom is -0.489 e. The van der Waals surface area contributed by atoms with Crippen LogP contribution in [0.15, 0.2) is 352 Å². The van der Waals surface area contributed by atoms with Crippen molar-refractivity contribution in [2.75, 3.05) is 76.0 Å². The summed E-state index contributed by atoms with van der Waals surface area (Å²) in [4.78, 5) is 8.42. The number of nitrogens with zero attached hydrogens (tertiary/aromatic N) is 12. The second-order valence-corrected chi connectivity index (χ2v) is 30.1. The third-order valence-corrected chi connectivity index (χ3v) is 21.3. The summed E-state index contributed by atoms with van der Waals surface area (Å²) in [6, 6.07) is 121. The number of hydrogen-bond acceptors (Lipinski definition) is 12. The molecular weight excluding hydrogens is 1460 g/mol. The molecule has 0 N–H and O–H groups in total. The summed E-state index contributed by atoms with van der Waals surface area (Å²) in [5.41, 5.74) is 27.3. The highest BCUT2D eigenvalue weighted by Gasteiger charge is 2.22. The Morgan fingerprint density at radius 2 is 0.381 bits per heavy atom. The molecule has 17 aromatic rings. The van der Waals surface area contributed by atoms with Crippen LogP contribution in [-0.2, 0) is 26.4 Å². The maximum atomic E-state index is 6.89. The molecule has 0 spiro atoms. The number of ether oxygens (including phenoxy) is 4. The van der Waals surface area contributed by atoms with E-state index in [9.17, 15) is 0 Å². The number of aromatic nitrogens is 8. The van der Waals surface area contributed by atoms with Crippen LogP contribution in [0.5, 0.6) is 23.0 Å². The van der Waals surface area contributed by atoms with Crippen molar-refractivity contribution in [1.29, 1.82) is 0 Å². The summed E-state index contributed by atoms with van der Waals surface area (Å²) >= 11 is 0. The van der Waals surface area contributed by atoms with Crippen molar-refractivity contribution in [3.8, 4) is 136 Å². The van der Waals surface area contributed by atoms with Crippen LogP contribution in [-0.4, -0.2) is 95.5 Å². The Labute approximate surface area is 689 Å². The van der Waals surface area contributed by atoms with Gasteiger partial charge in [0, 0.05) is 124 Å². The number of hydrogen-bond donors (Lipinski definition) is 0. The minimum absolute atomic E-state index is 0.210. The fourth-order valence-corrected chi connectivity index (χ4v) is 14.6. The van der Waals surface area contributed by atoms with Gasteiger partial charge in [0.2, 0.25) is 0 Å². The van der Waals surface area contributed by atoms with Gasteiger partial charge < -0.3 is 38.5 Å². The van der Waals surface area contributed by atoms with Gasteiger partial charge in [0.05, 0.1) is 68.3 Å². The molecular formula is C102H90N12O4. The standard InChI is InChI=1S/C102H90N12O4/c1-107(2)83-45-29-75(30-46-83)99-63-95(103-111(99)87-21-13-9-14-22-87)71-37-53-91(54-38-71)115-67-79-61-81(69-117-93-57-41-73(42-58-93)97-65-101(77-33-49-85(50-34-77)109(5)6)113(105-97)89-25-17-11-18-26-89)82(70-118-94-59-43-74(44-60-94)98-66-102(78-35-51-86(52-36-78)110(7)8)114(106-98)90-27-19-12-20-28-90)62-80(79)68-116-92-55-39-72(40-56-92)96-64-100(76-31-47-84(48-32-76)108(3)4)112(104-96)88-23-15-10-16-24-88/h9-66H,67-70H2,1-8H3. The van der Waals surface area contributed by atoms with Crippen LogP contribution in [0.3, 0.4) is 0 Å². The van der Waals surface area contributed by atoms with E-state index in [0.717, 1.165) is 158 Å². The Morgan fingerprint density at radius 1 is 0.203 bits per heavy atom. The molecule has 0 fully saturated rings. The van der Waals surface area contributed by atoms with Gasteiger partial charge in [0.1, 0.15) is 49.4 Å². The second-order valence-electron chi connectivity index (χ2n) is 30.1. The maximum Gasteiger partial charge on any atom is 0.119 e. The molecule has 0 bridgehead atoms. The van der Waals surface area contributed by atoms with Crippen LogP contribution in [0.2, 0.25) is 0 Å². The maximum absolute atomic E-state index is 6.89. The predicted octanol–water partition coefficient (Wildman–Crippen LogP) is 22.3. The molecule has 0 saturated heterocycles. The molecule has 118 heavy (non-hydrogen) atoms. The first-order chi connectivity index (χ1) is 57.7. The van der Waals surface area contributed by atoms with E-state index in [0.29, 0.717) is 23.0 Å². The normalized spacial score (nSPS) is 11.2. The van der Waals surface area contributed by atoms with Crippen molar-refractivity contribution in [3.05, 3.63) is 374 Å².